The summed E-state index contributed by atoms with van der Waals surface area (Å²) in [6.45, 7) is 1.32. The highest BCUT2D eigenvalue weighted by molar-refractivity contribution is 7.92. The Morgan fingerprint density at radius 3 is 2.37 bits per heavy atom. The molecule has 3 aromatic carbocycles. The number of benzene rings is 3. The summed E-state index contributed by atoms with van der Waals surface area (Å²) in [4.78, 5) is 12.9. The van der Waals surface area contributed by atoms with E-state index in [4.69, 9.17) is 16.3 Å². The lowest BCUT2D eigenvalue weighted by Crippen LogP contribution is -2.38. The summed E-state index contributed by atoms with van der Waals surface area (Å²) < 4.78 is 33.1. The summed E-state index contributed by atoms with van der Waals surface area (Å²) in [5, 5.41) is 3.20. The Hall–Kier alpha value is -3.03. The van der Waals surface area contributed by atoms with Crippen LogP contribution in [0.2, 0.25) is 5.02 Å². The molecule has 1 amide bonds. The Morgan fingerprint density at radius 1 is 1.03 bits per heavy atom. The van der Waals surface area contributed by atoms with Crippen molar-refractivity contribution in [1.29, 1.82) is 0 Å². The molecule has 0 saturated carbocycles. The first-order valence-electron chi connectivity index (χ1n) is 9.09. The second-order valence-corrected chi connectivity index (χ2v) is 8.80. The van der Waals surface area contributed by atoms with Crippen molar-refractivity contribution in [2.75, 3.05) is 23.3 Å². The second-order valence-electron chi connectivity index (χ2n) is 6.50. The zero-order chi connectivity index (χ0) is 21.7. The van der Waals surface area contributed by atoms with Gasteiger partial charge in [-0.25, -0.2) is 8.42 Å². The molecule has 6 nitrogen and oxygen atoms in total. The van der Waals surface area contributed by atoms with E-state index in [2.05, 4.69) is 5.32 Å². The van der Waals surface area contributed by atoms with Crippen molar-refractivity contribution >= 4 is 38.9 Å². The number of nitrogens with zero attached hydrogens (tertiary/aromatic N) is 1. The lowest BCUT2D eigenvalue weighted by Gasteiger charge is -2.26. The van der Waals surface area contributed by atoms with E-state index in [0.717, 1.165) is 4.31 Å². The number of methoxy groups -OCH3 is 1. The van der Waals surface area contributed by atoms with Gasteiger partial charge in [0.1, 0.15) is 12.3 Å². The molecule has 3 aromatic rings. The predicted molar refractivity (Wildman–Crippen MR) is 119 cm³/mol. The molecule has 0 aromatic heterocycles. The number of ether oxygens (including phenoxy) is 1. The first kappa shape index (κ1) is 21.7. The van der Waals surface area contributed by atoms with Crippen molar-refractivity contribution < 1.29 is 17.9 Å². The van der Waals surface area contributed by atoms with Crippen LogP contribution >= 0.6 is 11.6 Å². The van der Waals surface area contributed by atoms with Crippen LogP contribution in [0, 0.1) is 6.92 Å². The minimum atomic E-state index is -3.99. The third-order valence-corrected chi connectivity index (χ3v) is 6.44. The van der Waals surface area contributed by atoms with Crippen molar-refractivity contribution in [1.82, 2.24) is 0 Å². The highest BCUT2D eigenvalue weighted by Gasteiger charge is 2.28. The molecule has 0 aliphatic heterocycles. The molecule has 0 unspecified atom stereocenters. The molecule has 0 saturated heterocycles. The third-order valence-electron chi connectivity index (χ3n) is 4.43. The van der Waals surface area contributed by atoms with E-state index in [1.54, 1.807) is 67.6 Å². The number of nitrogens with one attached hydrogen (secondary N) is 1. The zero-order valence-corrected chi connectivity index (χ0v) is 18.1. The van der Waals surface area contributed by atoms with Crippen LogP contribution in [0.3, 0.4) is 0 Å². The maximum absolute atomic E-state index is 13.4. The fraction of sp³-hybridized carbons (Fsp3) is 0.136. The maximum Gasteiger partial charge on any atom is 0.264 e. The number of amides is 1. The molecule has 8 heteroatoms. The summed E-state index contributed by atoms with van der Waals surface area (Å²) in [6.07, 6.45) is 0. The van der Waals surface area contributed by atoms with Crippen molar-refractivity contribution in [3.8, 4) is 5.75 Å². The molecule has 0 atom stereocenters. The van der Waals surface area contributed by atoms with Gasteiger partial charge in [-0.05, 0) is 55.0 Å². The summed E-state index contributed by atoms with van der Waals surface area (Å²) in [7, 11) is -2.50. The molecule has 0 heterocycles. The van der Waals surface area contributed by atoms with E-state index in [9.17, 15) is 13.2 Å². The molecule has 0 aliphatic rings. The van der Waals surface area contributed by atoms with Gasteiger partial charge >= 0.3 is 0 Å². The smallest absolute Gasteiger partial charge is 0.264 e. The van der Waals surface area contributed by atoms with Crippen LogP contribution in [0.1, 0.15) is 5.56 Å². The van der Waals surface area contributed by atoms with Crippen molar-refractivity contribution in [2.24, 2.45) is 0 Å². The van der Waals surface area contributed by atoms with Gasteiger partial charge in [-0.3, -0.25) is 9.10 Å². The molecule has 0 bridgehead atoms. The van der Waals surface area contributed by atoms with E-state index < -0.39 is 22.5 Å². The van der Waals surface area contributed by atoms with Gasteiger partial charge in [-0.2, -0.15) is 0 Å². The number of hydrogen-bond donors (Lipinski definition) is 1. The van der Waals surface area contributed by atoms with Crippen molar-refractivity contribution in [2.45, 2.75) is 11.8 Å². The van der Waals surface area contributed by atoms with Crippen LogP contribution in [0.4, 0.5) is 11.4 Å². The molecular weight excluding hydrogens is 424 g/mol. The monoisotopic (exact) mass is 444 g/mol. The van der Waals surface area contributed by atoms with E-state index in [1.807, 2.05) is 0 Å². The quantitative estimate of drug-likeness (QED) is 0.582. The first-order valence-corrected chi connectivity index (χ1v) is 10.9. The summed E-state index contributed by atoms with van der Waals surface area (Å²) >= 11 is 6.04. The molecule has 0 spiro atoms. The highest BCUT2D eigenvalue weighted by atomic mass is 35.5. The fourth-order valence-electron chi connectivity index (χ4n) is 2.99. The minimum absolute atomic E-state index is 0.0874. The third kappa shape index (κ3) is 4.75. The largest absolute Gasteiger partial charge is 0.495 e. The number of para-hydroxylation sites is 2. The normalized spacial score (nSPS) is 11.0. The van der Waals surface area contributed by atoms with E-state index >= 15 is 0 Å². The van der Waals surface area contributed by atoms with Crippen LogP contribution in [0.5, 0.6) is 5.75 Å². The molecular formula is C22H21ClN2O4S. The Bertz CT molecular complexity index is 1150. The van der Waals surface area contributed by atoms with Gasteiger partial charge in [0, 0.05) is 5.02 Å². The number of sulfonamides is 1. The van der Waals surface area contributed by atoms with Crippen molar-refractivity contribution in [3.05, 3.63) is 83.4 Å². The Morgan fingerprint density at radius 2 is 1.70 bits per heavy atom. The number of hydrogen-bond acceptors (Lipinski definition) is 4. The summed E-state index contributed by atoms with van der Waals surface area (Å²) in [5.41, 5.74) is 1.46. The highest BCUT2D eigenvalue weighted by Crippen LogP contribution is 2.29. The molecule has 156 valence electrons. The lowest BCUT2D eigenvalue weighted by atomic mass is 10.2. The SMILES string of the molecule is COc1ccccc1NC(=O)CN(c1ccc(Cl)cc1C)S(=O)(=O)c1ccccc1. The minimum Gasteiger partial charge on any atom is -0.495 e. The standard InChI is InChI=1S/C22H21ClN2O4S/c1-16-14-17(23)12-13-20(16)25(30(27,28)18-8-4-3-5-9-18)15-22(26)24-19-10-6-7-11-21(19)29-2/h3-14H,15H2,1-2H3,(H,24,26). The van der Waals surface area contributed by atoms with Crippen LogP contribution in [-0.2, 0) is 14.8 Å². The van der Waals surface area contributed by atoms with Crippen LogP contribution in [-0.4, -0.2) is 28.0 Å². The number of carbonyl (C=O) groups is 1. The van der Waals surface area contributed by atoms with E-state index in [1.165, 1.54) is 19.2 Å². The molecule has 0 radical (unpaired) electrons. The van der Waals surface area contributed by atoms with Gasteiger partial charge in [-0.1, -0.05) is 41.9 Å². The average molecular weight is 445 g/mol. The summed E-state index contributed by atoms with van der Waals surface area (Å²) in [5.74, 6) is -0.0284. The van der Waals surface area contributed by atoms with Gasteiger partial charge in [-0.15, -0.1) is 0 Å². The molecule has 0 fully saturated rings. The molecule has 30 heavy (non-hydrogen) atoms. The topological polar surface area (TPSA) is 75.7 Å². The Kier molecular flexibility index (Phi) is 6.64. The first-order chi connectivity index (χ1) is 14.3. The molecule has 0 aliphatic carbocycles. The van der Waals surface area contributed by atoms with Crippen LogP contribution < -0.4 is 14.4 Å². The number of anilines is 2. The maximum atomic E-state index is 13.4. The van der Waals surface area contributed by atoms with Gasteiger partial charge in [0.2, 0.25) is 5.91 Å². The van der Waals surface area contributed by atoms with Crippen LogP contribution in [0.25, 0.3) is 0 Å². The van der Waals surface area contributed by atoms with Gasteiger partial charge in [0.25, 0.3) is 10.0 Å². The fourth-order valence-corrected chi connectivity index (χ4v) is 4.72. The Balaban J connectivity index is 1.98. The zero-order valence-electron chi connectivity index (χ0n) is 16.5. The van der Waals surface area contributed by atoms with Crippen molar-refractivity contribution in [3.63, 3.8) is 0 Å². The van der Waals surface area contributed by atoms with E-state index in [-0.39, 0.29) is 4.90 Å². The van der Waals surface area contributed by atoms with Crippen LogP contribution in [0.15, 0.2) is 77.7 Å². The number of rotatable bonds is 7. The number of carbonyl (C=O) groups excluding carboxylic acids is 1. The van der Waals surface area contributed by atoms with Gasteiger partial charge in [0.15, 0.2) is 0 Å². The lowest BCUT2D eigenvalue weighted by molar-refractivity contribution is -0.114. The average Bonchev–Trinajstić information content (AvgIpc) is 2.73. The molecule has 3 rings (SSSR count). The second kappa shape index (κ2) is 9.19. The number of halogens is 1. The summed E-state index contributed by atoms with van der Waals surface area (Å²) in [6, 6.07) is 19.7. The molecule has 1 N–H and O–H groups in total. The number of aryl methyl sites for hydroxylation is 1. The van der Waals surface area contributed by atoms with E-state index in [0.29, 0.717) is 27.7 Å². The van der Waals surface area contributed by atoms with Gasteiger partial charge < -0.3 is 10.1 Å². The predicted octanol–water partition coefficient (Wildman–Crippen LogP) is 4.49. The Labute approximate surface area is 181 Å². The van der Waals surface area contributed by atoms with Gasteiger partial charge in [0.05, 0.1) is 23.4 Å².